The van der Waals surface area contributed by atoms with Crippen LogP contribution in [0.5, 0.6) is 0 Å². The number of hydrogen-bond donors (Lipinski definition) is 1. The third-order valence-corrected chi connectivity index (χ3v) is 8.08. The molecule has 0 bridgehead atoms. The van der Waals surface area contributed by atoms with Crippen molar-refractivity contribution in [3.8, 4) is 0 Å². The first-order chi connectivity index (χ1) is 6.29. The number of aliphatic carboxylic acids is 1. The molecule has 6 nitrogen and oxygen atoms in total. The fraction of sp³-hybridized carbons (Fsp3) is 0. The van der Waals surface area contributed by atoms with E-state index in [2.05, 4.69) is 0 Å². The van der Waals surface area contributed by atoms with Crippen LogP contribution in [0.3, 0.4) is 0 Å². The molecule has 10 heteroatoms. The Morgan fingerprint density at radius 3 is 2.38 bits per heavy atom. The van der Waals surface area contributed by atoms with Gasteiger partial charge in [0, 0.05) is 6.08 Å². The molecule has 1 rings (SSSR count). The molecular weight excluding hydrogens is 244 g/mol. The molecule has 13 heavy (non-hydrogen) atoms. The van der Waals surface area contributed by atoms with Gasteiger partial charge < -0.3 is 21.6 Å². The van der Waals surface area contributed by atoms with Crippen LogP contribution in [0.1, 0.15) is 0 Å². The van der Waals surface area contributed by atoms with Crippen molar-refractivity contribution in [1.29, 1.82) is 0 Å². The van der Waals surface area contributed by atoms with E-state index >= 15 is 0 Å². The predicted molar refractivity (Wildman–Crippen MR) is 53.9 cm³/mol. The van der Waals surface area contributed by atoms with Crippen molar-refractivity contribution in [2.24, 2.45) is 0 Å². The Hall–Kier alpha value is -0.0825. The molecule has 0 aliphatic carbocycles. The third kappa shape index (κ3) is 5.27. The molecule has 0 saturated carbocycles. The Balaban J connectivity index is 2.33. The van der Waals surface area contributed by atoms with Crippen molar-refractivity contribution in [3.63, 3.8) is 0 Å². The SMILES string of the molecule is O=C(O)C=C[SiH]1O[SiH2]O[SiH2]O[SiH2]O1. The first kappa shape index (κ1) is 11.0. The largest absolute Gasteiger partial charge is 0.478 e. The second-order valence-electron chi connectivity index (χ2n) is 2.16. The molecule has 0 unspecified atom stereocenters. The van der Waals surface area contributed by atoms with Crippen molar-refractivity contribution in [3.05, 3.63) is 11.8 Å². The Bertz CT molecular complexity index is 188. The smallest absolute Gasteiger partial charge is 0.330 e. The summed E-state index contributed by atoms with van der Waals surface area (Å²) >= 11 is 0. The van der Waals surface area contributed by atoms with Crippen LogP contribution in [0.2, 0.25) is 0 Å². The van der Waals surface area contributed by atoms with Gasteiger partial charge in [-0.1, -0.05) is 0 Å². The summed E-state index contributed by atoms with van der Waals surface area (Å²) in [6.45, 7) is 0. The van der Waals surface area contributed by atoms with Crippen LogP contribution in [0.25, 0.3) is 0 Å². The molecule has 0 spiro atoms. The number of carbonyl (C=O) groups is 1. The maximum Gasteiger partial charge on any atom is 0.330 e. The standard InChI is InChI=1S/C3H10O6Si4/c4-3(5)1-2-13-8-11-6-10-7-12-9-13/h1-2,13H,10-12H2,(H,4,5). The van der Waals surface area contributed by atoms with Crippen molar-refractivity contribution in [1.82, 2.24) is 0 Å². The minimum absolute atomic E-state index is 0.845. The molecule has 0 aromatic rings. The number of hydrogen-bond acceptors (Lipinski definition) is 5. The molecule has 0 radical (unpaired) electrons. The van der Waals surface area contributed by atoms with Crippen LogP contribution >= 0.6 is 0 Å². The maximum atomic E-state index is 10.2. The van der Waals surface area contributed by atoms with Crippen LogP contribution in [0.4, 0.5) is 0 Å². The summed E-state index contributed by atoms with van der Waals surface area (Å²) in [5.41, 5.74) is 1.49. The van der Waals surface area contributed by atoms with Gasteiger partial charge in [-0.05, 0) is 5.70 Å². The molecule has 1 heterocycles. The topological polar surface area (TPSA) is 74.2 Å². The van der Waals surface area contributed by atoms with Crippen molar-refractivity contribution < 1.29 is 26.4 Å². The third-order valence-electron chi connectivity index (χ3n) is 1.19. The molecule has 1 aliphatic heterocycles. The lowest BCUT2D eigenvalue weighted by atomic mass is 10.7. The molecule has 0 atom stereocenters. The summed E-state index contributed by atoms with van der Waals surface area (Å²) in [7, 11) is -4.75. The highest BCUT2D eigenvalue weighted by molar-refractivity contribution is 6.63. The molecule has 1 fully saturated rings. The second kappa shape index (κ2) is 6.38. The fourth-order valence-electron chi connectivity index (χ4n) is 0.677. The van der Waals surface area contributed by atoms with Gasteiger partial charge >= 0.3 is 15.3 Å². The van der Waals surface area contributed by atoms with Gasteiger partial charge in [-0.2, -0.15) is 0 Å². The highest BCUT2D eigenvalue weighted by atomic mass is 28.4. The Kier molecular flexibility index (Phi) is 5.40. The van der Waals surface area contributed by atoms with E-state index in [1.165, 1.54) is 5.70 Å². The average molecular weight is 254 g/mol. The van der Waals surface area contributed by atoms with Crippen molar-refractivity contribution in [2.45, 2.75) is 0 Å². The van der Waals surface area contributed by atoms with Crippen LogP contribution in [-0.2, 0) is 21.3 Å². The van der Waals surface area contributed by atoms with Gasteiger partial charge in [0.2, 0.25) is 0 Å². The van der Waals surface area contributed by atoms with Gasteiger partial charge in [-0.25, -0.2) is 4.79 Å². The quantitative estimate of drug-likeness (QED) is 0.406. The van der Waals surface area contributed by atoms with Gasteiger partial charge in [0.05, 0.1) is 0 Å². The highest BCUT2D eigenvalue weighted by Crippen LogP contribution is 1.93. The monoisotopic (exact) mass is 254 g/mol. The first-order valence-electron chi connectivity index (χ1n) is 3.59. The van der Waals surface area contributed by atoms with Gasteiger partial charge in [0.25, 0.3) is 30.0 Å². The van der Waals surface area contributed by atoms with E-state index < -0.39 is 45.3 Å². The number of carboxylic acid groups (broad SMARTS) is 1. The summed E-state index contributed by atoms with van der Waals surface area (Å²) in [6, 6.07) is 0. The summed E-state index contributed by atoms with van der Waals surface area (Å²) in [5.74, 6) is -0.985. The molecule has 1 aliphatic rings. The number of rotatable bonds is 2. The van der Waals surface area contributed by atoms with E-state index in [-0.39, 0.29) is 0 Å². The van der Waals surface area contributed by atoms with E-state index in [1.54, 1.807) is 0 Å². The lowest BCUT2D eigenvalue weighted by molar-refractivity contribution is -0.131. The van der Waals surface area contributed by atoms with Crippen molar-refractivity contribution in [2.75, 3.05) is 0 Å². The normalized spacial score (nSPS) is 30.9. The molecular formula is C3H10O6Si4. The fourth-order valence-corrected chi connectivity index (χ4v) is 8.79. The molecule has 0 amide bonds. The van der Waals surface area contributed by atoms with Crippen LogP contribution in [0, 0.1) is 0 Å². The molecule has 74 valence electrons. The van der Waals surface area contributed by atoms with Crippen LogP contribution in [0.15, 0.2) is 11.8 Å². The zero-order valence-corrected chi connectivity index (χ0v) is 12.2. The molecule has 1 N–H and O–H groups in total. The van der Waals surface area contributed by atoms with Crippen LogP contribution in [-0.4, -0.2) is 50.4 Å². The zero-order chi connectivity index (χ0) is 9.52. The van der Waals surface area contributed by atoms with E-state index in [9.17, 15) is 4.79 Å². The van der Waals surface area contributed by atoms with Gasteiger partial charge in [0.1, 0.15) is 0 Å². The Labute approximate surface area is 83.9 Å². The summed E-state index contributed by atoms with van der Waals surface area (Å²) in [6.07, 6.45) is 1.05. The summed E-state index contributed by atoms with van der Waals surface area (Å²) in [4.78, 5) is 10.2. The van der Waals surface area contributed by atoms with Crippen molar-refractivity contribution >= 4 is 45.3 Å². The first-order valence-corrected chi connectivity index (χ1v) is 8.66. The molecule has 0 aromatic heterocycles. The van der Waals surface area contributed by atoms with Gasteiger partial charge in [-0.15, -0.1) is 0 Å². The zero-order valence-electron chi connectivity index (χ0n) is 6.84. The predicted octanol–water partition coefficient (Wildman–Crippen LogP) is -3.54. The summed E-state index contributed by atoms with van der Waals surface area (Å²) in [5, 5.41) is 8.36. The Morgan fingerprint density at radius 1 is 1.23 bits per heavy atom. The van der Waals surface area contributed by atoms with E-state index in [0.717, 1.165) is 6.08 Å². The minimum Gasteiger partial charge on any atom is -0.478 e. The lowest BCUT2D eigenvalue weighted by Crippen LogP contribution is -2.32. The van der Waals surface area contributed by atoms with Crippen LogP contribution < -0.4 is 0 Å². The minimum atomic E-state index is -1.92. The highest BCUT2D eigenvalue weighted by Gasteiger charge is 2.12. The summed E-state index contributed by atoms with van der Waals surface area (Å²) < 4.78 is 20.9. The van der Waals surface area contributed by atoms with E-state index in [4.69, 9.17) is 21.6 Å². The lowest BCUT2D eigenvalue weighted by Gasteiger charge is -2.17. The Morgan fingerprint density at radius 2 is 1.85 bits per heavy atom. The van der Waals surface area contributed by atoms with E-state index in [1.807, 2.05) is 0 Å². The van der Waals surface area contributed by atoms with Gasteiger partial charge in [-0.3, -0.25) is 0 Å². The van der Waals surface area contributed by atoms with E-state index in [0.29, 0.717) is 0 Å². The molecule has 0 aromatic carbocycles. The average Bonchev–Trinajstić information content (AvgIpc) is 2.01. The maximum absolute atomic E-state index is 10.2. The van der Waals surface area contributed by atoms with Gasteiger partial charge in [0.15, 0.2) is 0 Å². The number of carboxylic acids is 1. The second-order valence-corrected chi connectivity index (χ2v) is 9.92. The molecule has 1 saturated heterocycles.